The van der Waals surface area contributed by atoms with E-state index in [1.807, 2.05) is 0 Å². The van der Waals surface area contributed by atoms with Gasteiger partial charge in [0.2, 0.25) is 10.0 Å². The summed E-state index contributed by atoms with van der Waals surface area (Å²) in [6, 6.07) is 11.8. The molecule has 10 heteroatoms. The fourth-order valence-corrected chi connectivity index (χ4v) is 4.59. The number of carbonyl (C=O) groups excluding carboxylic acids is 2. The number of hydrogen-bond donors (Lipinski definition) is 0. The molecule has 0 atom stereocenters. The maximum absolute atomic E-state index is 13.7. The zero-order valence-electron chi connectivity index (χ0n) is 15.3. The summed E-state index contributed by atoms with van der Waals surface area (Å²) >= 11 is 5.80. The van der Waals surface area contributed by atoms with E-state index in [1.165, 1.54) is 33.5 Å². The van der Waals surface area contributed by atoms with Gasteiger partial charge in [-0.25, -0.2) is 17.6 Å². The third kappa shape index (κ3) is 4.75. The highest BCUT2D eigenvalue weighted by Gasteiger charge is 2.30. The average Bonchev–Trinajstić information content (AvgIpc) is 2.72. The number of halogens is 2. The monoisotopic (exact) mass is 440 g/mol. The average molecular weight is 441 g/mol. The van der Waals surface area contributed by atoms with Gasteiger partial charge in [-0.15, -0.1) is 0 Å². The van der Waals surface area contributed by atoms with Gasteiger partial charge in [-0.1, -0.05) is 35.9 Å². The number of sulfonamides is 1. The molecule has 0 spiro atoms. The molecule has 0 N–H and O–H groups in total. The van der Waals surface area contributed by atoms with Crippen molar-refractivity contribution in [3.05, 3.63) is 64.9 Å². The van der Waals surface area contributed by atoms with Gasteiger partial charge in [0.25, 0.3) is 5.91 Å². The molecule has 2 aromatic rings. The number of rotatable bonds is 5. The van der Waals surface area contributed by atoms with E-state index in [2.05, 4.69) is 0 Å². The SMILES string of the molecule is O=C(OCC(=O)N1CCN(S(=O)(=O)c2ccccc2)CC1)c1c(F)cccc1Cl. The number of esters is 1. The van der Waals surface area contributed by atoms with Crippen molar-refractivity contribution in [3.8, 4) is 0 Å². The molecule has 1 aliphatic heterocycles. The Hall–Kier alpha value is -2.49. The molecule has 1 heterocycles. The number of piperazine rings is 1. The quantitative estimate of drug-likeness (QED) is 0.665. The molecule has 0 aromatic heterocycles. The highest BCUT2D eigenvalue weighted by molar-refractivity contribution is 7.89. The second-order valence-corrected chi connectivity index (χ2v) is 8.62. The zero-order valence-corrected chi connectivity index (χ0v) is 16.8. The lowest BCUT2D eigenvalue weighted by molar-refractivity contribution is -0.135. The topological polar surface area (TPSA) is 84.0 Å². The van der Waals surface area contributed by atoms with Crippen molar-refractivity contribution >= 4 is 33.5 Å². The van der Waals surface area contributed by atoms with Gasteiger partial charge >= 0.3 is 5.97 Å². The Morgan fingerprint density at radius 3 is 2.28 bits per heavy atom. The molecule has 1 saturated heterocycles. The van der Waals surface area contributed by atoms with E-state index in [9.17, 15) is 22.4 Å². The van der Waals surface area contributed by atoms with E-state index < -0.39 is 39.9 Å². The van der Waals surface area contributed by atoms with Gasteiger partial charge < -0.3 is 9.64 Å². The lowest BCUT2D eigenvalue weighted by Crippen LogP contribution is -2.51. The van der Waals surface area contributed by atoms with Crippen molar-refractivity contribution in [2.45, 2.75) is 4.90 Å². The summed E-state index contributed by atoms with van der Waals surface area (Å²) in [4.78, 5) is 25.9. The maximum Gasteiger partial charge on any atom is 0.343 e. The first-order valence-corrected chi connectivity index (χ1v) is 10.6. The van der Waals surface area contributed by atoms with E-state index in [0.717, 1.165) is 6.07 Å². The molecule has 2 aromatic carbocycles. The second-order valence-electron chi connectivity index (χ2n) is 6.27. The van der Waals surface area contributed by atoms with E-state index in [1.54, 1.807) is 18.2 Å². The molecule has 0 unspecified atom stereocenters. The van der Waals surface area contributed by atoms with E-state index in [4.69, 9.17) is 16.3 Å². The number of carbonyl (C=O) groups is 2. The van der Waals surface area contributed by atoms with Gasteiger partial charge in [0, 0.05) is 26.2 Å². The minimum absolute atomic E-state index is 0.109. The molecular weight excluding hydrogens is 423 g/mol. The number of nitrogens with zero attached hydrogens (tertiary/aromatic N) is 2. The van der Waals surface area contributed by atoms with Crippen LogP contribution in [0.2, 0.25) is 5.02 Å². The number of ether oxygens (including phenoxy) is 1. The van der Waals surface area contributed by atoms with Crippen LogP contribution in [0.1, 0.15) is 10.4 Å². The Balaban J connectivity index is 1.55. The molecule has 0 saturated carbocycles. The standard InChI is InChI=1S/C19H18ClFN2O5S/c20-15-7-4-8-16(21)18(15)19(25)28-13-17(24)22-9-11-23(12-10-22)29(26,27)14-5-2-1-3-6-14/h1-8H,9-13H2. The highest BCUT2D eigenvalue weighted by Crippen LogP contribution is 2.20. The fourth-order valence-electron chi connectivity index (χ4n) is 2.90. The summed E-state index contributed by atoms with van der Waals surface area (Å²) in [5.74, 6) is -2.37. The van der Waals surface area contributed by atoms with E-state index in [0.29, 0.717) is 0 Å². The largest absolute Gasteiger partial charge is 0.452 e. The van der Waals surface area contributed by atoms with Gasteiger partial charge in [-0.2, -0.15) is 4.31 Å². The Kier molecular flexibility index (Phi) is 6.51. The molecule has 1 fully saturated rings. The van der Waals surface area contributed by atoms with Crippen molar-refractivity contribution in [1.82, 2.24) is 9.21 Å². The lowest BCUT2D eigenvalue weighted by atomic mass is 10.2. The third-order valence-electron chi connectivity index (χ3n) is 4.47. The predicted octanol–water partition coefficient (Wildman–Crippen LogP) is 2.17. The Morgan fingerprint density at radius 1 is 1.00 bits per heavy atom. The fraction of sp³-hybridized carbons (Fsp3) is 0.263. The predicted molar refractivity (Wildman–Crippen MR) is 103 cm³/mol. The van der Waals surface area contributed by atoms with Crippen LogP contribution in [0.15, 0.2) is 53.4 Å². The number of hydrogen-bond acceptors (Lipinski definition) is 5. The first kappa shape index (κ1) is 21.2. The Morgan fingerprint density at radius 2 is 1.66 bits per heavy atom. The maximum atomic E-state index is 13.7. The Bertz CT molecular complexity index is 988. The Labute approximate surface area is 172 Å². The molecule has 0 aliphatic carbocycles. The number of benzene rings is 2. The van der Waals surface area contributed by atoms with Gasteiger partial charge in [0.1, 0.15) is 11.4 Å². The van der Waals surface area contributed by atoms with E-state index >= 15 is 0 Å². The van der Waals surface area contributed by atoms with Gasteiger partial charge in [-0.05, 0) is 24.3 Å². The summed E-state index contributed by atoms with van der Waals surface area (Å²) < 4.78 is 45.1. The first-order valence-electron chi connectivity index (χ1n) is 8.75. The molecule has 3 rings (SSSR count). The van der Waals surface area contributed by atoms with Crippen LogP contribution in [-0.4, -0.2) is 62.3 Å². The molecular formula is C19H18ClFN2O5S. The molecule has 29 heavy (non-hydrogen) atoms. The summed E-state index contributed by atoms with van der Waals surface area (Å²) in [5, 5.41) is -0.109. The van der Waals surface area contributed by atoms with Crippen LogP contribution in [0.4, 0.5) is 4.39 Å². The van der Waals surface area contributed by atoms with Crippen LogP contribution < -0.4 is 0 Å². The smallest absolute Gasteiger partial charge is 0.343 e. The summed E-state index contributed by atoms with van der Waals surface area (Å²) in [6.45, 7) is -0.0349. The molecule has 0 radical (unpaired) electrons. The van der Waals surface area contributed by atoms with Gasteiger partial charge in [-0.3, -0.25) is 4.79 Å². The summed E-state index contributed by atoms with van der Waals surface area (Å²) in [5.41, 5.74) is -0.430. The van der Waals surface area contributed by atoms with Crippen molar-refractivity contribution in [1.29, 1.82) is 0 Å². The molecule has 1 amide bonds. The summed E-state index contributed by atoms with van der Waals surface area (Å²) in [7, 11) is -3.63. The van der Waals surface area contributed by atoms with Crippen LogP contribution in [0.3, 0.4) is 0 Å². The van der Waals surface area contributed by atoms with Crippen LogP contribution >= 0.6 is 11.6 Å². The number of amides is 1. The van der Waals surface area contributed by atoms with Gasteiger partial charge in [0.15, 0.2) is 6.61 Å². The van der Waals surface area contributed by atoms with E-state index in [-0.39, 0.29) is 36.1 Å². The molecule has 7 nitrogen and oxygen atoms in total. The van der Waals surface area contributed by atoms with Crippen molar-refractivity contribution in [3.63, 3.8) is 0 Å². The molecule has 154 valence electrons. The first-order chi connectivity index (χ1) is 13.8. The minimum atomic E-state index is -3.63. The van der Waals surface area contributed by atoms with Crippen molar-refractivity contribution < 1.29 is 27.1 Å². The van der Waals surface area contributed by atoms with Crippen LogP contribution in [0.25, 0.3) is 0 Å². The van der Waals surface area contributed by atoms with Crippen molar-refractivity contribution in [2.24, 2.45) is 0 Å². The van der Waals surface area contributed by atoms with Gasteiger partial charge in [0.05, 0.1) is 9.92 Å². The second kappa shape index (κ2) is 8.89. The van der Waals surface area contributed by atoms with Crippen LogP contribution in [-0.2, 0) is 19.6 Å². The van der Waals surface area contributed by atoms with Crippen molar-refractivity contribution in [2.75, 3.05) is 32.8 Å². The molecule has 1 aliphatic rings. The van der Waals surface area contributed by atoms with Crippen LogP contribution in [0.5, 0.6) is 0 Å². The highest BCUT2D eigenvalue weighted by atomic mass is 35.5. The molecule has 0 bridgehead atoms. The normalized spacial score (nSPS) is 15.2. The zero-order chi connectivity index (χ0) is 21.0. The third-order valence-corrected chi connectivity index (χ3v) is 6.69. The minimum Gasteiger partial charge on any atom is -0.452 e. The van der Waals surface area contributed by atoms with Crippen LogP contribution in [0, 0.1) is 5.82 Å². The lowest BCUT2D eigenvalue weighted by Gasteiger charge is -2.33. The summed E-state index contributed by atoms with van der Waals surface area (Å²) in [6.07, 6.45) is 0.